The van der Waals surface area contributed by atoms with Gasteiger partial charge in [0.2, 0.25) is 0 Å². The Balaban J connectivity index is 1.99. The molecule has 0 radical (unpaired) electrons. The van der Waals surface area contributed by atoms with Crippen LogP contribution in [0.25, 0.3) is 0 Å². The van der Waals surface area contributed by atoms with Gasteiger partial charge in [-0.05, 0) is 46.6 Å². The minimum Gasteiger partial charge on any atom is -0.381 e. The molecule has 0 bridgehead atoms. The molecular weight excluding hydrogens is 264 g/mol. The van der Waals surface area contributed by atoms with Gasteiger partial charge in [-0.1, -0.05) is 17.7 Å². The van der Waals surface area contributed by atoms with E-state index >= 15 is 0 Å². The van der Waals surface area contributed by atoms with Crippen molar-refractivity contribution in [2.24, 2.45) is 0 Å². The summed E-state index contributed by atoms with van der Waals surface area (Å²) < 4.78 is 1.01. The fourth-order valence-electron chi connectivity index (χ4n) is 1.43. The second-order valence-corrected chi connectivity index (χ2v) is 4.65. The van der Waals surface area contributed by atoms with Crippen LogP contribution in [0.3, 0.4) is 0 Å². The number of hydrogen-bond acceptors (Lipinski definition) is 2. The highest BCUT2D eigenvalue weighted by Gasteiger charge is 1.95. The monoisotopic (exact) mass is 276 g/mol. The molecule has 0 saturated carbocycles. The van der Waals surface area contributed by atoms with Crippen LogP contribution in [0.2, 0.25) is 0 Å². The molecule has 3 heteroatoms. The zero-order valence-electron chi connectivity index (χ0n) is 9.07. The highest BCUT2D eigenvalue weighted by Crippen LogP contribution is 2.13. The molecule has 82 valence electrons. The van der Waals surface area contributed by atoms with Crippen molar-refractivity contribution in [1.29, 1.82) is 0 Å². The first kappa shape index (κ1) is 11.1. The zero-order valence-corrected chi connectivity index (χ0v) is 10.7. The van der Waals surface area contributed by atoms with Crippen molar-refractivity contribution in [3.05, 3.63) is 58.3 Å². The van der Waals surface area contributed by atoms with Gasteiger partial charge >= 0.3 is 0 Å². The summed E-state index contributed by atoms with van der Waals surface area (Å²) in [5, 5.41) is 3.35. The summed E-state index contributed by atoms with van der Waals surface area (Å²) in [6.07, 6.45) is 3.65. The molecule has 0 amide bonds. The first-order valence-corrected chi connectivity index (χ1v) is 5.93. The molecule has 2 aromatic rings. The molecule has 1 aromatic heterocycles. The predicted molar refractivity (Wildman–Crippen MR) is 70.4 cm³/mol. The summed E-state index contributed by atoms with van der Waals surface area (Å²) in [5.41, 5.74) is 3.56. The SMILES string of the molecule is Cc1ccc(NCc2cncc(Br)c2)cc1. The lowest BCUT2D eigenvalue weighted by atomic mass is 10.2. The molecule has 0 aliphatic heterocycles. The van der Waals surface area contributed by atoms with Crippen LogP contribution in [0.1, 0.15) is 11.1 Å². The van der Waals surface area contributed by atoms with E-state index in [4.69, 9.17) is 0 Å². The van der Waals surface area contributed by atoms with E-state index in [2.05, 4.69) is 63.5 Å². The summed E-state index contributed by atoms with van der Waals surface area (Å²) >= 11 is 3.41. The van der Waals surface area contributed by atoms with Crippen LogP contribution in [0.4, 0.5) is 5.69 Å². The van der Waals surface area contributed by atoms with Crippen molar-refractivity contribution in [3.63, 3.8) is 0 Å². The van der Waals surface area contributed by atoms with Crippen molar-refractivity contribution in [3.8, 4) is 0 Å². The molecule has 0 atom stereocenters. The van der Waals surface area contributed by atoms with E-state index in [1.54, 1.807) is 6.20 Å². The molecule has 1 N–H and O–H groups in total. The van der Waals surface area contributed by atoms with Gasteiger partial charge in [-0.15, -0.1) is 0 Å². The quantitative estimate of drug-likeness (QED) is 0.923. The zero-order chi connectivity index (χ0) is 11.4. The third-order valence-corrected chi connectivity index (χ3v) is 2.74. The molecule has 1 heterocycles. The maximum absolute atomic E-state index is 4.12. The topological polar surface area (TPSA) is 24.9 Å². The van der Waals surface area contributed by atoms with Crippen LogP contribution in [-0.2, 0) is 6.54 Å². The van der Waals surface area contributed by atoms with Gasteiger partial charge in [-0.25, -0.2) is 0 Å². The lowest BCUT2D eigenvalue weighted by Crippen LogP contribution is -1.99. The summed E-state index contributed by atoms with van der Waals surface area (Å²) in [7, 11) is 0. The normalized spacial score (nSPS) is 10.1. The van der Waals surface area contributed by atoms with Gasteiger partial charge < -0.3 is 5.32 Å². The van der Waals surface area contributed by atoms with Gasteiger partial charge in [0.15, 0.2) is 0 Å². The van der Waals surface area contributed by atoms with Crippen LogP contribution >= 0.6 is 15.9 Å². The van der Waals surface area contributed by atoms with Crippen molar-refractivity contribution >= 4 is 21.6 Å². The minimum atomic E-state index is 0.787. The molecule has 2 rings (SSSR count). The molecule has 0 aliphatic carbocycles. The molecule has 0 aliphatic rings. The van der Waals surface area contributed by atoms with E-state index in [9.17, 15) is 0 Å². The first-order chi connectivity index (χ1) is 7.74. The molecule has 0 saturated heterocycles. The summed E-state index contributed by atoms with van der Waals surface area (Å²) in [6.45, 7) is 2.87. The Kier molecular flexibility index (Phi) is 3.57. The second kappa shape index (κ2) is 5.12. The third kappa shape index (κ3) is 3.07. The average molecular weight is 277 g/mol. The molecule has 0 unspecified atom stereocenters. The Hall–Kier alpha value is -1.35. The van der Waals surface area contributed by atoms with Crippen molar-refractivity contribution < 1.29 is 0 Å². The maximum Gasteiger partial charge on any atom is 0.0416 e. The van der Waals surface area contributed by atoms with Gasteiger partial charge in [0, 0.05) is 29.1 Å². The molecule has 16 heavy (non-hydrogen) atoms. The Morgan fingerprint density at radius 1 is 1.19 bits per heavy atom. The molecule has 2 nitrogen and oxygen atoms in total. The molecule has 0 spiro atoms. The fraction of sp³-hybridized carbons (Fsp3) is 0.154. The lowest BCUT2D eigenvalue weighted by Gasteiger charge is -2.06. The number of aromatic nitrogens is 1. The van der Waals surface area contributed by atoms with Gasteiger partial charge in [0.05, 0.1) is 0 Å². The van der Waals surface area contributed by atoms with Crippen LogP contribution in [0.15, 0.2) is 47.2 Å². The van der Waals surface area contributed by atoms with Crippen molar-refractivity contribution in [2.45, 2.75) is 13.5 Å². The first-order valence-electron chi connectivity index (χ1n) is 5.14. The number of aryl methyl sites for hydroxylation is 1. The van der Waals surface area contributed by atoms with Gasteiger partial charge in [0.1, 0.15) is 0 Å². The largest absolute Gasteiger partial charge is 0.381 e. The highest BCUT2D eigenvalue weighted by atomic mass is 79.9. The van der Waals surface area contributed by atoms with E-state index < -0.39 is 0 Å². The Bertz CT molecular complexity index is 466. The summed E-state index contributed by atoms with van der Waals surface area (Å²) in [6, 6.07) is 10.4. The number of nitrogens with zero attached hydrogens (tertiary/aromatic N) is 1. The second-order valence-electron chi connectivity index (χ2n) is 3.73. The number of hydrogen-bond donors (Lipinski definition) is 1. The van der Waals surface area contributed by atoms with Gasteiger partial charge in [0.25, 0.3) is 0 Å². The van der Waals surface area contributed by atoms with E-state index in [0.29, 0.717) is 0 Å². The summed E-state index contributed by atoms with van der Waals surface area (Å²) in [4.78, 5) is 4.12. The number of rotatable bonds is 3. The smallest absolute Gasteiger partial charge is 0.0416 e. The van der Waals surface area contributed by atoms with E-state index in [1.165, 1.54) is 5.56 Å². The fourth-order valence-corrected chi connectivity index (χ4v) is 1.84. The van der Waals surface area contributed by atoms with Crippen molar-refractivity contribution in [2.75, 3.05) is 5.32 Å². The lowest BCUT2D eigenvalue weighted by molar-refractivity contribution is 1.11. The van der Waals surface area contributed by atoms with E-state index in [-0.39, 0.29) is 0 Å². The van der Waals surface area contributed by atoms with Crippen LogP contribution < -0.4 is 5.32 Å². The highest BCUT2D eigenvalue weighted by molar-refractivity contribution is 9.10. The minimum absolute atomic E-state index is 0.787. The predicted octanol–water partition coefficient (Wildman–Crippen LogP) is 3.76. The van der Waals surface area contributed by atoms with E-state index in [1.807, 2.05) is 6.20 Å². The number of nitrogens with one attached hydrogen (secondary N) is 1. The van der Waals surface area contributed by atoms with Gasteiger partial charge in [-0.2, -0.15) is 0 Å². The van der Waals surface area contributed by atoms with Crippen LogP contribution in [-0.4, -0.2) is 4.98 Å². The van der Waals surface area contributed by atoms with Crippen LogP contribution in [0, 0.1) is 6.92 Å². The number of benzene rings is 1. The maximum atomic E-state index is 4.12. The Morgan fingerprint density at radius 3 is 2.62 bits per heavy atom. The molecular formula is C13H13BrN2. The Labute approximate surface area is 104 Å². The summed E-state index contributed by atoms with van der Waals surface area (Å²) in [5.74, 6) is 0. The molecule has 1 aromatic carbocycles. The third-order valence-electron chi connectivity index (χ3n) is 2.31. The molecule has 0 fully saturated rings. The number of halogens is 1. The number of pyridine rings is 1. The Morgan fingerprint density at radius 2 is 1.94 bits per heavy atom. The standard InChI is InChI=1S/C13H13BrN2/c1-10-2-4-13(5-3-10)16-8-11-6-12(14)9-15-7-11/h2-7,9,16H,8H2,1H3. The van der Waals surface area contributed by atoms with Crippen molar-refractivity contribution in [1.82, 2.24) is 4.98 Å². The van der Waals surface area contributed by atoms with Crippen LogP contribution in [0.5, 0.6) is 0 Å². The van der Waals surface area contributed by atoms with E-state index in [0.717, 1.165) is 22.3 Å². The number of anilines is 1. The average Bonchev–Trinajstić information content (AvgIpc) is 2.28. The van der Waals surface area contributed by atoms with Gasteiger partial charge in [-0.3, -0.25) is 4.98 Å².